The van der Waals surface area contributed by atoms with E-state index in [0.29, 0.717) is 23.9 Å². The molecule has 6 heteroatoms. The van der Waals surface area contributed by atoms with Gasteiger partial charge in [-0.3, -0.25) is 4.79 Å². The van der Waals surface area contributed by atoms with Gasteiger partial charge in [0.05, 0.1) is 12.1 Å². The highest BCUT2D eigenvalue weighted by atomic mass is 32.1. The smallest absolute Gasteiger partial charge is 0.239 e. The number of nitrogens with zero attached hydrogens (tertiary/aromatic N) is 2. The first-order valence-electron chi connectivity index (χ1n) is 5.37. The lowest BCUT2D eigenvalue weighted by molar-refractivity contribution is -0.120. The Hall–Kier alpha value is -1.69. The van der Waals surface area contributed by atoms with Gasteiger partial charge in [-0.05, 0) is 19.1 Å². The Kier molecular flexibility index (Phi) is 3.23. The molecule has 1 saturated heterocycles. The fraction of sp³-hybridized carbons (Fsp3) is 0.364. The van der Waals surface area contributed by atoms with E-state index in [0.717, 1.165) is 17.8 Å². The standard InChI is InChI=1S/C11H14N4OS/c1-7-2-3-8(10(12)17)11(14-7)15-5-4-13-9(16)6-15/h2-3H,4-6H2,1H3,(H2,12,17)(H,13,16). The van der Waals surface area contributed by atoms with E-state index in [1.807, 2.05) is 24.0 Å². The third-order valence-corrected chi connectivity index (χ3v) is 2.84. The third-order valence-electron chi connectivity index (χ3n) is 2.62. The first-order valence-corrected chi connectivity index (χ1v) is 5.78. The van der Waals surface area contributed by atoms with Gasteiger partial charge in [-0.25, -0.2) is 4.98 Å². The zero-order chi connectivity index (χ0) is 12.4. The lowest BCUT2D eigenvalue weighted by Gasteiger charge is -2.29. The van der Waals surface area contributed by atoms with Crippen molar-refractivity contribution in [3.05, 3.63) is 23.4 Å². The molecular weight excluding hydrogens is 236 g/mol. The lowest BCUT2D eigenvalue weighted by atomic mass is 10.2. The van der Waals surface area contributed by atoms with Crippen molar-refractivity contribution in [2.24, 2.45) is 5.73 Å². The number of piperazine rings is 1. The predicted octanol–water partition coefficient (Wildman–Crippen LogP) is -0.0396. The zero-order valence-corrected chi connectivity index (χ0v) is 10.4. The summed E-state index contributed by atoms with van der Waals surface area (Å²) < 4.78 is 0. The average molecular weight is 250 g/mol. The van der Waals surface area contributed by atoms with Crippen molar-refractivity contribution in [1.29, 1.82) is 0 Å². The molecule has 0 spiro atoms. The summed E-state index contributed by atoms with van der Waals surface area (Å²) in [7, 11) is 0. The van der Waals surface area contributed by atoms with E-state index in [9.17, 15) is 4.79 Å². The number of rotatable bonds is 2. The summed E-state index contributed by atoms with van der Waals surface area (Å²) in [5, 5.41) is 2.77. The molecule has 1 aliphatic heterocycles. The largest absolute Gasteiger partial charge is 0.389 e. The van der Waals surface area contributed by atoms with E-state index in [-0.39, 0.29) is 5.91 Å². The van der Waals surface area contributed by atoms with Gasteiger partial charge in [0, 0.05) is 18.8 Å². The normalized spacial score (nSPS) is 15.6. The molecule has 0 aliphatic carbocycles. The fourth-order valence-electron chi connectivity index (χ4n) is 1.80. The maximum atomic E-state index is 11.4. The van der Waals surface area contributed by atoms with Crippen LogP contribution in [-0.2, 0) is 4.79 Å². The van der Waals surface area contributed by atoms with E-state index < -0.39 is 0 Å². The van der Waals surface area contributed by atoms with Crippen LogP contribution in [0.3, 0.4) is 0 Å². The monoisotopic (exact) mass is 250 g/mol. The number of pyridine rings is 1. The second-order valence-corrected chi connectivity index (χ2v) is 4.40. The number of carbonyl (C=O) groups is 1. The van der Waals surface area contributed by atoms with Crippen LogP contribution >= 0.6 is 12.2 Å². The summed E-state index contributed by atoms with van der Waals surface area (Å²) in [6.45, 7) is 3.53. The maximum absolute atomic E-state index is 11.4. The van der Waals surface area contributed by atoms with Gasteiger partial charge in [0.1, 0.15) is 10.8 Å². The van der Waals surface area contributed by atoms with Crippen molar-refractivity contribution in [1.82, 2.24) is 10.3 Å². The molecule has 1 fully saturated rings. The van der Waals surface area contributed by atoms with E-state index >= 15 is 0 Å². The first kappa shape index (κ1) is 11.8. The van der Waals surface area contributed by atoms with Crippen molar-refractivity contribution in [2.75, 3.05) is 24.5 Å². The van der Waals surface area contributed by atoms with Gasteiger partial charge in [0.25, 0.3) is 0 Å². The lowest BCUT2D eigenvalue weighted by Crippen LogP contribution is -2.48. The SMILES string of the molecule is Cc1ccc(C(N)=S)c(N2CCNC(=O)C2)n1. The number of nitrogens with one attached hydrogen (secondary N) is 1. The van der Waals surface area contributed by atoms with Crippen LogP contribution in [0.1, 0.15) is 11.3 Å². The topological polar surface area (TPSA) is 71.2 Å². The van der Waals surface area contributed by atoms with Crippen molar-refractivity contribution in [2.45, 2.75) is 6.92 Å². The molecule has 17 heavy (non-hydrogen) atoms. The van der Waals surface area contributed by atoms with Crippen LogP contribution in [0.2, 0.25) is 0 Å². The highest BCUT2D eigenvalue weighted by Gasteiger charge is 2.21. The Morgan fingerprint density at radius 1 is 1.59 bits per heavy atom. The zero-order valence-electron chi connectivity index (χ0n) is 9.56. The summed E-state index contributed by atoms with van der Waals surface area (Å²) in [6.07, 6.45) is 0. The van der Waals surface area contributed by atoms with E-state index in [1.54, 1.807) is 0 Å². The number of nitrogens with two attached hydrogens (primary N) is 1. The minimum absolute atomic E-state index is 0.00607. The molecule has 0 unspecified atom stereocenters. The molecule has 1 aromatic heterocycles. The molecule has 2 rings (SSSR count). The molecule has 90 valence electrons. The van der Waals surface area contributed by atoms with E-state index in [2.05, 4.69) is 10.3 Å². The molecule has 1 aliphatic rings. The van der Waals surface area contributed by atoms with Crippen LogP contribution in [0.4, 0.5) is 5.82 Å². The second-order valence-electron chi connectivity index (χ2n) is 3.96. The molecule has 0 saturated carbocycles. The number of aryl methyl sites for hydroxylation is 1. The average Bonchev–Trinajstić information content (AvgIpc) is 2.28. The minimum Gasteiger partial charge on any atom is -0.389 e. The van der Waals surface area contributed by atoms with Gasteiger partial charge < -0.3 is 16.0 Å². The van der Waals surface area contributed by atoms with Gasteiger partial charge in [-0.15, -0.1) is 0 Å². The molecule has 3 N–H and O–H groups in total. The van der Waals surface area contributed by atoms with Crippen LogP contribution in [0.15, 0.2) is 12.1 Å². The molecule has 1 amide bonds. The summed E-state index contributed by atoms with van der Waals surface area (Å²) in [5.41, 5.74) is 7.27. The number of thiocarbonyl (C=S) groups is 1. The van der Waals surface area contributed by atoms with Gasteiger partial charge in [0.2, 0.25) is 5.91 Å². The summed E-state index contributed by atoms with van der Waals surface area (Å²) in [4.78, 5) is 18.0. The van der Waals surface area contributed by atoms with E-state index in [4.69, 9.17) is 18.0 Å². The maximum Gasteiger partial charge on any atom is 0.239 e. The Bertz CT molecular complexity index is 475. The highest BCUT2D eigenvalue weighted by molar-refractivity contribution is 7.80. The van der Waals surface area contributed by atoms with Gasteiger partial charge >= 0.3 is 0 Å². The number of amides is 1. The Labute approximate surface area is 105 Å². The number of aromatic nitrogens is 1. The number of hydrogen-bond acceptors (Lipinski definition) is 4. The predicted molar refractivity (Wildman–Crippen MR) is 70.1 cm³/mol. The molecule has 0 radical (unpaired) electrons. The highest BCUT2D eigenvalue weighted by Crippen LogP contribution is 2.19. The Morgan fingerprint density at radius 2 is 2.35 bits per heavy atom. The van der Waals surface area contributed by atoms with Gasteiger partial charge in [0.15, 0.2) is 0 Å². The Morgan fingerprint density at radius 3 is 3.00 bits per heavy atom. The molecular formula is C11H14N4OS. The van der Waals surface area contributed by atoms with Crippen LogP contribution in [0.5, 0.6) is 0 Å². The molecule has 1 aromatic rings. The number of carbonyl (C=O) groups excluding carboxylic acids is 1. The van der Waals surface area contributed by atoms with Crippen LogP contribution in [0, 0.1) is 6.92 Å². The van der Waals surface area contributed by atoms with Crippen LogP contribution in [0.25, 0.3) is 0 Å². The summed E-state index contributed by atoms with van der Waals surface area (Å²) in [5.74, 6) is 0.695. The fourth-order valence-corrected chi connectivity index (χ4v) is 1.96. The molecule has 0 atom stereocenters. The van der Waals surface area contributed by atoms with Gasteiger partial charge in [-0.2, -0.15) is 0 Å². The number of hydrogen-bond donors (Lipinski definition) is 2. The van der Waals surface area contributed by atoms with Crippen molar-refractivity contribution in [3.63, 3.8) is 0 Å². The summed E-state index contributed by atoms with van der Waals surface area (Å²) >= 11 is 5.00. The molecule has 5 nitrogen and oxygen atoms in total. The molecule has 0 bridgehead atoms. The Balaban J connectivity index is 2.38. The van der Waals surface area contributed by atoms with Crippen LogP contribution < -0.4 is 16.0 Å². The summed E-state index contributed by atoms with van der Waals surface area (Å²) in [6, 6.07) is 3.72. The van der Waals surface area contributed by atoms with Gasteiger partial charge in [-0.1, -0.05) is 12.2 Å². The van der Waals surface area contributed by atoms with Crippen molar-refractivity contribution in [3.8, 4) is 0 Å². The third kappa shape index (κ3) is 2.52. The second kappa shape index (κ2) is 4.67. The van der Waals surface area contributed by atoms with Crippen molar-refractivity contribution < 1.29 is 4.79 Å². The first-order chi connectivity index (χ1) is 8.08. The molecule has 0 aromatic carbocycles. The van der Waals surface area contributed by atoms with Crippen molar-refractivity contribution >= 4 is 28.9 Å². The quantitative estimate of drug-likeness (QED) is 0.721. The van der Waals surface area contributed by atoms with E-state index in [1.165, 1.54) is 0 Å². The molecule has 2 heterocycles. The van der Waals surface area contributed by atoms with Crippen LogP contribution in [-0.4, -0.2) is 35.5 Å². The number of anilines is 1. The minimum atomic E-state index is -0.00607.